The van der Waals surface area contributed by atoms with Crippen LogP contribution in [0.2, 0.25) is 0 Å². The lowest BCUT2D eigenvalue weighted by Crippen LogP contribution is -2.44. The number of aromatic nitrogens is 2. The molecular weight excluding hydrogens is 304 g/mol. The van der Waals surface area contributed by atoms with Crippen molar-refractivity contribution in [2.45, 2.75) is 30.7 Å². The van der Waals surface area contributed by atoms with E-state index in [1.165, 1.54) is 11.2 Å². The molecule has 10 heteroatoms. The third-order valence-corrected chi connectivity index (χ3v) is 6.12. The fourth-order valence-electron chi connectivity index (χ4n) is 1.94. The Morgan fingerprint density at radius 3 is 2.80 bits per heavy atom. The van der Waals surface area contributed by atoms with E-state index in [1.807, 2.05) is 0 Å². The van der Waals surface area contributed by atoms with Gasteiger partial charge in [-0.05, 0) is 12.3 Å². The Morgan fingerprint density at radius 2 is 2.20 bits per heavy atom. The molecule has 8 nitrogen and oxygen atoms in total. The summed E-state index contributed by atoms with van der Waals surface area (Å²) < 4.78 is 25.9. The van der Waals surface area contributed by atoms with Gasteiger partial charge in [0.1, 0.15) is 0 Å². The van der Waals surface area contributed by atoms with Gasteiger partial charge in [0, 0.05) is 20.0 Å². The van der Waals surface area contributed by atoms with E-state index >= 15 is 0 Å². The molecule has 0 aromatic carbocycles. The average Bonchev–Trinajstić information content (AvgIpc) is 2.80. The number of amides is 1. The number of nitrogens with one attached hydrogen (secondary N) is 1. The van der Waals surface area contributed by atoms with Crippen LogP contribution in [0.15, 0.2) is 4.34 Å². The molecule has 1 aliphatic heterocycles. The molecule has 0 radical (unpaired) electrons. The highest BCUT2D eigenvalue weighted by Gasteiger charge is 2.34. The summed E-state index contributed by atoms with van der Waals surface area (Å²) >= 11 is 0.818. The highest BCUT2D eigenvalue weighted by Crippen LogP contribution is 2.27. The van der Waals surface area contributed by atoms with Gasteiger partial charge in [0.05, 0.1) is 6.10 Å². The highest BCUT2D eigenvalue weighted by atomic mass is 32.2. The lowest BCUT2D eigenvalue weighted by atomic mass is 9.99. The summed E-state index contributed by atoms with van der Waals surface area (Å²) in [6, 6.07) is 0. The van der Waals surface area contributed by atoms with Gasteiger partial charge in [-0.1, -0.05) is 18.3 Å². The van der Waals surface area contributed by atoms with Crippen LogP contribution in [-0.2, 0) is 14.8 Å². The molecule has 0 aliphatic carbocycles. The summed E-state index contributed by atoms with van der Waals surface area (Å²) in [5.74, 6) is -0.457. The van der Waals surface area contributed by atoms with E-state index in [1.54, 1.807) is 6.92 Å². The maximum absolute atomic E-state index is 12.4. The van der Waals surface area contributed by atoms with Crippen LogP contribution in [0.1, 0.15) is 20.3 Å². The molecule has 2 unspecified atom stereocenters. The molecule has 1 saturated heterocycles. The van der Waals surface area contributed by atoms with Gasteiger partial charge < -0.3 is 10.4 Å². The molecule has 1 aromatic heterocycles. The second-order valence-electron chi connectivity index (χ2n) is 4.75. The van der Waals surface area contributed by atoms with E-state index in [4.69, 9.17) is 0 Å². The van der Waals surface area contributed by atoms with Crippen molar-refractivity contribution in [1.29, 1.82) is 0 Å². The molecular formula is C10H16N4O4S2. The summed E-state index contributed by atoms with van der Waals surface area (Å²) in [6.45, 7) is 3.61. The van der Waals surface area contributed by atoms with Crippen molar-refractivity contribution in [1.82, 2.24) is 14.5 Å². The zero-order valence-electron chi connectivity index (χ0n) is 11.1. The second-order valence-corrected chi connectivity index (χ2v) is 7.84. The van der Waals surface area contributed by atoms with Crippen molar-refractivity contribution in [3.8, 4) is 0 Å². The Kier molecular flexibility index (Phi) is 4.37. The molecule has 112 valence electrons. The standard InChI is InChI=1S/C10H16N4O4S2/c1-6-5-14(4-3-8(6)16)20(17,18)10-13-12-9(19-10)11-7(2)15/h6,8,16H,3-5H2,1-2H3,(H,11,12,15). The second kappa shape index (κ2) is 5.72. The van der Waals surface area contributed by atoms with Crippen LogP contribution in [0.4, 0.5) is 5.13 Å². The highest BCUT2D eigenvalue weighted by molar-refractivity contribution is 7.91. The van der Waals surface area contributed by atoms with Gasteiger partial charge in [0.2, 0.25) is 15.4 Å². The first-order valence-corrected chi connectivity index (χ1v) is 8.35. The molecule has 2 N–H and O–H groups in total. The number of anilines is 1. The number of carbonyl (C=O) groups is 1. The molecule has 0 bridgehead atoms. The van der Waals surface area contributed by atoms with Gasteiger partial charge >= 0.3 is 0 Å². The summed E-state index contributed by atoms with van der Waals surface area (Å²) in [5.41, 5.74) is 0. The number of piperidine rings is 1. The number of aliphatic hydroxyl groups excluding tert-OH is 1. The quantitative estimate of drug-likeness (QED) is 0.751. The number of nitrogens with zero attached hydrogens (tertiary/aromatic N) is 3. The Hall–Kier alpha value is -1.10. The largest absolute Gasteiger partial charge is 0.393 e. The van der Waals surface area contributed by atoms with Crippen molar-refractivity contribution in [3.05, 3.63) is 0 Å². The lowest BCUT2D eigenvalue weighted by molar-refractivity contribution is -0.114. The number of hydrogen-bond donors (Lipinski definition) is 2. The molecule has 2 atom stereocenters. The molecule has 1 fully saturated rings. The van der Waals surface area contributed by atoms with Gasteiger partial charge in [-0.3, -0.25) is 4.79 Å². The van der Waals surface area contributed by atoms with Crippen LogP contribution >= 0.6 is 11.3 Å². The van der Waals surface area contributed by atoms with Gasteiger partial charge in [-0.2, -0.15) is 4.31 Å². The molecule has 1 aromatic rings. The number of sulfonamides is 1. The molecule has 20 heavy (non-hydrogen) atoms. The Labute approximate surface area is 120 Å². The lowest BCUT2D eigenvalue weighted by Gasteiger charge is -2.32. The maximum atomic E-state index is 12.4. The first kappa shape index (κ1) is 15.3. The number of aliphatic hydroxyl groups is 1. The topological polar surface area (TPSA) is 112 Å². The van der Waals surface area contributed by atoms with Crippen molar-refractivity contribution in [2.24, 2.45) is 5.92 Å². The Balaban J connectivity index is 2.18. The van der Waals surface area contributed by atoms with Gasteiger partial charge in [0.15, 0.2) is 0 Å². The minimum absolute atomic E-state index is 0.124. The maximum Gasteiger partial charge on any atom is 0.272 e. The summed E-state index contributed by atoms with van der Waals surface area (Å²) in [7, 11) is -3.72. The van der Waals surface area contributed by atoms with Crippen LogP contribution in [0.25, 0.3) is 0 Å². The minimum atomic E-state index is -3.72. The van der Waals surface area contributed by atoms with E-state index in [0.29, 0.717) is 6.42 Å². The van der Waals surface area contributed by atoms with Crippen LogP contribution < -0.4 is 5.32 Å². The number of carbonyl (C=O) groups excluding carboxylic acids is 1. The van der Waals surface area contributed by atoms with E-state index in [0.717, 1.165) is 11.3 Å². The SMILES string of the molecule is CC(=O)Nc1nnc(S(=O)(=O)N2CCC(O)C(C)C2)s1. The van der Waals surface area contributed by atoms with E-state index in [2.05, 4.69) is 15.5 Å². The molecule has 0 spiro atoms. The summed E-state index contributed by atoms with van der Waals surface area (Å²) in [6.07, 6.45) is -0.0802. The number of hydrogen-bond acceptors (Lipinski definition) is 7. The van der Waals surface area contributed by atoms with E-state index in [-0.39, 0.29) is 34.4 Å². The smallest absolute Gasteiger partial charge is 0.272 e. The normalized spacial score (nSPS) is 24.6. The van der Waals surface area contributed by atoms with Crippen LogP contribution in [0.3, 0.4) is 0 Å². The summed E-state index contributed by atoms with van der Waals surface area (Å²) in [4.78, 5) is 10.9. The third-order valence-electron chi connectivity index (χ3n) is 3.07. The van der Waals surface area contributed by atoms with E-state index in [9.17, 15) is 18.3 Å². The van der Waals surface area contributed by atoms with Crippen molar-refractivity contribution in [2.75, 3.05) is 18.4 Å². The fraction of sp³-hybridized carbons (Fsp3) is 0.700. The van der Waals surface area contributed by atoms with Crippen molar-refractivity contribution < 1.29 is 18.3 Å². The van der Waals surface area contributed by atoms with Gasteiger partial charge in [-0.25, -0.2) is 8.42 Å². The number of rotatable bonds is 3. The predicted molar refractivity (Wildman–Crippen MR) is 72.8 cm³/mol. The van der Waals surface area contributed by atoms with Gasteiger partial charge in [0.25, 0.3) is 10.0 Å². The van der Waals surface area contributed by atoms with Crippen LogP contribution in [0.5, 0.6) is 0 Å². The third kappa shape index (κ3) is 3.14. The van der Waals surface area contributed by atoms with Crippen LogP contribution in [-0.4, -0.2) is 53.1 Å². The fourth-order valence-corrected chi connectivity index (χ4v) is 4.58. The van der Waals surface area contributed by atoms with Crippen molar-refractivity contribution in [3.63, 3.8) is 0 Å². The average molecular weight is 320 g/mol. The molecule has 1 amide bonds. The zero-order chi connectivity index (χ0) is 14.9. The monoisotopic (exact) mass is 320 g/mol. The summed E-state index contributed by atoms with van der Waals surface area (Å²) in [5, 5.41) is 19.4. The minimum Gasteiger partial charge on any atom is -0.393 e. The first-order chi connectivity index (χ1) is 9.30. The Bertz CT molecular complexity index is 600. The Morgan fingerprint density at radius 1 is 1.50 bits per heavy atom. The van der Waals surface area contributed by atoms with Gasteiger partial charge in [-0.15, -0.1) is 10.2 Å². The zero-order valence-corrected chi connectivity index (χ0v) is 12.7. The first-order valence-electron chi connectivity index (χ1n) is 6.10. The predicted octanol–water partition coefficient (Wildman–Crippen LogP) is -0.112. The van der Waals surface area contributed by atoms with E-state index < -0.39 is 16.1 Å². The molecule has 2 rings (SSSR count). The molecule has 1 aliphatic rings. The molecule has 2 heterocycles. The van der Waals surface area contributed by atoms with Crippen molar-refractivity contribution >= 4 is 32.4 Å². The van der Waals surface area contributed by atoms with Crippen LogP contribution in [0, 0.1) is 5.92 Å². The molecule has 0 saturated carbocycles.